The van der Waals surface area contributed by atoms with Crippen LogP contribution in [0.15, 0.2) is 54.6 Å². The summed E-state index contributed by atoms with van der Waals surface area (Å²) in [6.07, 6.45) is 0. The number of rotatable bonds is 4. The van der Waals surface area contributed by atoms with Crippen molar-refractivity contribution in [2.75, 3.05) is 0 Å². The standard InChI is InChI=1S/C17H20N2O/c1-13-8-6-7-11-16(13)14(2)19-17(20)18-12-15-9-4-3-5-10-15/h3-11,14H,12H2,1-2H3,(H2,18,19,20)/t14-/m0/s1. The van der Waals surface area contributed by atoms with Crippen LogP contribution in [0.3, 0.4) is 0 Å². The third-order valence-corrected chi connectivity index (χ3v) is 3.30. The van der Waals surface area contributed by atoms with E-state index in [-0.39, 0.29) is 12.1 Å². The number of aryl methyl sites for hydroxylation is 1. The van der Waals surface area contributed by atoms with E-state index in [0.717, 1.165) is 11.1 Å². The minimum atomic E-state index is -0.149. The van der Waals surface area contributed by atoms with Crippen LogP contribution in [0.25, 0.3) is 0 Å². The van der Waals surface area contributed by atoms with Crippen LogP contribution in [-0.4, -0.2) is 6.03 Å². The van der Waals surface area contributed by atoms with E-state index < -0.39 is 0 Å². The number of urea groups is 1. The lowest BCUT2D eigenvalue weighted by Crippen LogP contribution is -2.36. The number of amides is 2. The van der Waals surface area contributed by atoms with Gasteiger partial charge in [-0.05, 0) is 30.5 Å². The summed E-state index contributed by atoms with van der Waals surface area (Å²) in [5, 5.41) is 5.83. The van der Waals surface area contributed by atoms with E-state index in [2.05, 4.69) is 23.6 Å². The molecule has 0 unspecified atom stereocenters. The first kappa shape index (κ1) is 14.1. The van der Waals surface area contributed by atoms with E-state index in [1.165, 1.54) is 5.56 Å². The maximum Gasteiger partial charge on any atom is 0.315 e. The Morgan fingerprint density at radius 1 is 1.05 bits per heavy atom. The third-order valence-electron chi connectivity index (χ3n) is 3.30. The zero-order valence-corrected chi connectivity index (χ0v) is 11.9. The molecule has 3 nitrogen and oxygen atoms in total. The van der Waals surface area contributed by atoms with Gasteiger partial charge in [-0.2, -0.15) is 0 Å². The van der Waals surface area contributed by atoms with Crippen molar-refractivity contribution in [2.24, 2.45) is 0 Å². The van der Waals surface area contributed by atoms with Gasteiger partial charge in [0.25, 0.3) is 0 Å². The second-order valence-electron chi connectivity index (χ2n) is 4.89. The molecule has 0 bridgehead atoms. The highest BCUT2D eigenvalue weighted by atomic mass is 16.2. The van der Waals surface area contributed by atoms with Gasteiger partial charge in [0.2, 0.25) is 0 Å². The maximum absolute atomic E-state index is 11.9. The summed E-state index contributed by atoms with van der Waals surface area (Å²) in [5.41, 5.74) is 3.41. The Morgan fingerprint density at radius 3 is 2.40 bits per heavy atom. The minimum Gasteiger partial charge on any atom is -0.334 e. The molecule has 2 aromatic rings. The zero-order valence-electron chi connectivity index (χ0n) is 11.9. The number of carbonyl (C=O) groups is 1. The molecule has 0 fully saturated rings. The van der Waals surface area contributed by atoms with Crippen molar-refractivity contribution in [1.29, 1.82) is 0 Å². The van der Waals surface area contributed by atoms with Gasteiger partial charge in [0.1, 0.15) is 0 Å². The highest BCUT2D eigenvalue weighted by Gasteiger charge is 2.10. The molecule has 0 saturated carbocycles. The van der Waals surface area contributed by atoms with Gasteiger partial charge in [-0.25, -0.2) is 4.79 Å². The van der Waals surface area contributed by atoms with Crippen LogP contribution in [0.2, 0.25) is 0 Å². The number of benzene rings is 2. The summed E-state index contributed by atoms with van der Waals surface area (Å²) < 4.78 is 0. The molecule has 20 heavy (non-hydrogen) atoms. The van der Waals surface area contributed by atoms with Gasteiger partial charge in [-0.15, -0.1) is 0 Å². The van der Waals surface area contributed by atoms with Gasteiger partial charge in [-0.1, -0.05) is 54.6 Å². The minimum absolute atomic E-state index is 0.00743. The molecule has 0 heterocycles. The summed E-state index contributed by atoms with van der Waals surface area (Å²) >= 11 is 0. The van der Waals surface area contributed by atoms with Gasteiger partial charge < -0.3 is 10.6 Å². The van der Waals surface area contributed by atoms with Crippen LogP contribution >= 0.6 is 0 Å². The Balaban J connectivity index is 1.87. The van der Waals surface area contributed by atoms with Crippen LogP contribution in [0, 0.1) is 6.92 Å². The molecular weight excluding hydrogens is 248 g/mol. The van der Waals surface area contributed by atoms with Crippen molar-refractivity contribution in [3.63, 3.8) is 0 Å². The monoisotopic (exact) mass is 268 g/mol. The lowest BCUT2D eigenvalue weighted by Gasteiger charge is -2.17. The van der Waals surface area contributed by atoms with Crippen molar-refractivity contribution in [1.82, 2.24) is 10.6 Å². The number of carbonyl (C=O) groups excluding carboxylic acids is 1. The summed E-state index contributed by atoms with van der Waals surface area (Å²) in [5.74, 6) is 0. The largest absolute Gasteiger partial charge is 0.334 e. The molecule has 0 aromatic heterocycles. The molecule has 0 aliphatic heterocycles. The molecule has 104 valence electrons. The number of hydrogen-bond acceptors (Lipinski definition) is 1. The predicted molar refractivity (Wildman–Crippen MR) is 81.4 cm³/mol. The fourth-order valence-corrected chi connectivity index (χ4v) is 2.18. The lowest BCUT2D eigenvalue weighted by molar-refractivity contribution is 0.237. The molecule has 0 aliphatic rings. The first-order chi connectivity index (χ1) is 9.66. The second kappa shape index (κ2) is 6.75. The van der Waals surface area contributed by atoms with Crippen LogP contribution in [0.1, 0.15) is 29.7 Å². The Hall–Kier alpha value is -2.29. The maximum atomic E-state index is 11.9. The van der Waals surface area contributed by atoms with E-state index in [1.54, 1.807) is 0 Å². The third kappa shape index (κ3) is 3.85. The highest BCUT2D eigenvalue weighted by Crippen LogP contribution is 2.16. The smallest absolute Gasteiger partial charge is 0.315 e. The molecule has 2 amide bonds. The van der Waals surface area contributed by atoms with E-state index in [1.807, 2.05) is 55.5 Å². The summed E-state index contributed by atoms with van der Waals surface area (Å²) in [6, 6.07) is 17.8. The molecule has 1 atom stereocenters. The SMILES string of the molecule is Cc1ccccc1[C@H](C)NC(=O)NCc1ccccc1. The van der Waals surface area contributed by atoms with Gasteiger partial charge in [0, 0.05) is 6.54 Å². The Labute approximate surface area is 120 Å². The molecule has 0 spiro atoms. The van der Waals surface area contributed by atoms with Crippen molar-refractivity contribution < 1.29 is 4.79 Å². The van der Waals surface area contributed by atoms with E-state index in [9.17, 15) is 4.79 Å². The predicted octanol–water partition coefficient (Wildman–Crippen LogP) is 3.56. The lowest BCUT2D eigenvalue weighted by atomic mass is 10.0. The summed E-state index contributed by atoms with van der Waals surface area (Å²) in [4.78, 5) is 11.9. The first-order valence-corrected chi connectivity index (χ1v) is 6.80. The van der Waals surface area contributed by atoms with Crippen LogP contribution in [0.5, 0.6) is 0 Å². The molecular formula is C17H20N2O. The number of nitrogens with one attached hydrogen (secondary N) is 2. The fourth-order valence-electron chi connectivity index (χ4n) is 2.18. The average Bonchev–Trinajstić information content (AvgIpc) is 2.46. The molecule has 2 rings (SSSR count). The van der Waals surface area contributed by atoms with Gasteiger partial charge in [0.05, 0.1) is 6.04 Å². The Kier molecular flexibility index (Phi) is 4.77. The molecule has 2 N–H and O–H groups in total. The first-order valence-electron chi connectivity index (χ1n) is 6.80. The molecule has 0 saturated heterocycles. The molecule has 3 heteroatoms. The summed E-state index contributed by atoms with van der Waals surface area (Å²) in [7, 11) is 0. The van der Waals surface area contributed by atoms with Crippen LogP contribution < -0.4 is 10.6 Å². The second-order valence-corrected chi connectivity index (χ2v) is 4.89. The Bertz CT molecular complexity index is 566. The van der Waals surface area contributed by atoms with E-state index >= 15 is 0 Å². The van der Waals surface area contributed by atoms with Gasteiger partial charge in [0.15, 0.2) is 0 Å². The molecule has 0 aliphatic carbocycles. The average molecular weight is 268 g/mol. The summed E-state index contributed by atoms with van der Waals surface area (Å²) in [6.45, 7) is 4.58. The number of hydrogen-bond donors (Lipinski definition) is 2. The Morgan fingerprint density at radius 2 is 1.70 bits per heavy atom. The van der Waals surface area contributed by atoms with Crippen molar-refractivity contribution in [3.8, 4) is 0 Å². The van der Waals surface area contributed by atoms with Crippen molar-refractivity contribution in [3.05, 3.63) is 71.3 Å². The van der Waals surface area contributed by atoms with Crippen molar-refractivity contribution >= 4 is 6.03 Å². The van der Waals surface area contributed by atoms with Gasteiger partial charge in [-0.3, -0.25) is 0 Å². The quantitative estimate of drug-likeness (QED) is 0.874. The van der Waals surface area contributed by atoms with Crippen molar-refractivity contribution in [2.45, 2.75) is 26.4 Å². The zero-order chi connectivity index (χ0) is 14.4. The van der Waals surface area contributed by atoms with Gasteiger partial charge >= 0.3 is 6.03 Å². The fraction of sp³-hybridized carbons (Fsp3) is 0.235. The van der Waals surface area contributed by atoms with E-state index in [4.69, 9.17) is 0 Å². The van der Waals surface area contributed by atoms with Crippen LogP contribution in [-0.2, 0) is 6.54 Å². The topological polar surface area (TPSA) is 41.1 Å². The molecule has 2 aromatic carbocycles. The van der Waals surface area contributed by atoms with Crippen LogP contribution in [0.4, 0.5) is 4.79 Å². The normalized spacial score (nSPS) is 11.7. The molecule has 0 radical (unpaired) electrons. The highest BCUT2D eigenvalue weighted by molar-refractivity contribution is 5.74. The van der Waals surface area contributed by atoms with E-state index in [0.29, 0.717) is 6.54 Å².